The fraction of sp³-hybridized carbons (Fsp3) is 0.556. The van der Waals surface area contributed by atoms with E-state index < -0.39 is 0 Å². The highest BCUT2D eigenvalue weighted by molar-refractivity contribution is 8.01. The van der Waals surface area contributed by atoms with Gasteiger partial charge in [0.1, 0.15) is 5.82 Å². The van der Waals surface area contributed by atoms with Gasteiger partial charge < -0.3 is 10.6 Å². The number of carbonyl (C=O) groups is 2. The number of anilines is 1. The first-order valence-corrected chi connectivity index (χ1v) is 9.30. The van der Waals surface area contributed by atoms with Crippen LogP contribution in [0.5, 0.6) is 0 Å². The van der Waals surface area contributed by atoms with E-state index >= 15 is 0 Å². The third-order valence-corrected chi connectivity index (χ3v) is 4.67. The summed E-state index contributed by atoms with van der Waals surface area (Å²) in [7, 11) is 0. The van der Waals surface area contributed by atoms with E-state index in [1.165, 1.54) is 36.0 Å². The Balaban J connectivity index is 2.30. The summed E-state index contributed by atoms with van der Waals surface area (Å²) in [5, 5.41) is 5.36. The second-order valence-corrected chi connectivity index (χ2v) is 7.72. The first-order chi connectivity index (χ1) is 11.3. The SMILES string of the molecule is CC(C)CCC(C)NC(=O)C(C)SCC(=O)Nc1ccc(F)cc1. The number of benzene rings is 1. The van der Waals surface area contributed by atoms with Crippen molar-refractivity contribution in [2.75, 3.05) is 11.1 Å². The highest BCUT2D eigenvalue weighted by Crippen LogP contribution is 2.14. The van der Waals surface area contributed by atoms with Crippen molar-refractivity contribution < 1.29 is 14.0 Å². The van der Waals surface area contributed by atoms with Crippen molar-refractivity contribution >= 4 is 29.3 Å². The summed E-state index contributed by atoms with van der Waals surface area (Å²) in [6, 6.07) is 5.72. The monoisotopic (exact) mass is 354 g/mol. The van der Waals surface area contributed by atoms with Crippen molar-refractivity contribution in [3.8, 4) is 0 Å². The van der Waals surface area contributed by atoms with E-state index in [4.69, 9.17) is 0 Å². The molecule has 2 N–H and O–H groups in total. The molecule has 2 atom stereocenters. The summed E-state index contributed by atoms with van der Waals surface area (Å²) in [5.74, 6) is 0.183. The number of thioether (sulfide) groups is 1. The zero-order chi connectivity index (χ0) is 18.1. The number of amides is 2. The van der Waals surface area contributed by atoms with Gasteiger partial charge in [0.25, 0.3) is 0 Å². The molecular weight excluding hydrogens is 327 g/mol. The zero-order valence-corrected chi connectivity index (χ0v) is 15.6. The summed E-state index contributed by atoms with van der Waals surface area (Å²) in [4.78, 5) is 24.0. The van der Waals surface area contributed by atoms with Gasteiger partial charge in [0.2, 0.25) is 11.8 Å². The quantitative estimate of drug-likeness (QED) is 0.709. The minimum atomic E-state index is -0.348. The average molecular weight is 354 g/mol. The van der Waals surface area contributed by atoms with Crippen molar-refractivity contribution in [2.24, 2.45) is 5.92 Å². The lowest BCUT2D eigenvalue weighted by Gasteiger charge is -2.18. The maximum absolute atomic E-state index is 12.8. The Morgan fingerprint density at radius 3 is 2.29 bits per heavy atom. The molecule has 0 heterocycles. The van der Waals surface area contributed by atoms with Gasteiger partial charge >= 0.3 is 0 Å². The molecule has 2 amide bonds. The molecule has 0 fully saturated rings. The van der Waals surface area contributed by atoms with E-state index in [0.29, 0.717) is 11.6 Å². The van der Waals surface area contributed by atoms with E-state index in [-0.39, 0.29) is 34.7 Å². The summed E-state index contributed by atoms with van der Waals surface area (Å²) in [6.45, 7) is 8.11. The number of rotatable bonds is 9. The van der Waals surface area contributed by atoms with Crippen LogP contribution in [0.25, 0.3) is 0 Å². The first kappa shape index (κ1) is 20.5. The van der Waals surface area contributed by atoms with Crippen molar-refractivity contribution in [1.82, 2.24) is 5.32 Å². The number of halogens is 1. The molecule has 0 spiro atoms. The Bertz CT molecular complexity index is 534. The second-order valence-electron chi connectivity index (χ2n) is 6.39. The standard InChI is InChI=1S/C18H27FN2O2S/c1-12(2)5-6-13(3)20-18(23)14(4)24-11-17(22)21-16-9-7-15(19)8-10-16/h7-10,12-14H,5-6,11H2,1-4H3,(H,20,23)(H,21,22). The van der Waals surface area contributed by atoms with Crippen molar-refractivity contribution in [2.45, 2.75) is 51.8 Å². The smallest absolute Gasteiger partial charge is 0.234 e. The van der Waals surface area contributed by atoms with Gasteiger partial charge in [-0.3, -0.25) is 9.59 Å². The van der Waals surface area contributed by atoms with Gasteiger partial charge in [0.15, 0.2) is 0 Å². The molecule has 0 aliphatic carbocycles. The molecule has 0 saturated carbocycles. The molecule has 2 unspecified atom stereocenters. The number of hydrogen-bond donors (Lipinski definition) is 2. The van der Waals surface area contributed by atoms with Crippen molar-refractivity contribution in [1.29, 1.82) is 0 Å². The van der Waals surface area contributed by atoms with Crippen LogP contribution in [0.3, 0.4) is 0 Å². The molecule has 0 radical (unpaired) electrons. The minimum absolute atomic E-state index is 0.0501. The third kappa shape index (κ3) is 8.34. The van der Waals surface area contributed by atoms with Crippen LogP contribution in [0.15, 0.2) is 24.3 Å². The lowest BCUT2D eigenvalue weighted by Crippen LogP contribution is -2.38. The van der Waals surface area contributed by atoms with Crippen LogP contribution >= 0.6 is 11.8 Å². The normalized spacial score (nSPS) is 13.4. The molecule has 24 heavy (non-hydrogen) atoms. The Kier molecular flexibility index (Phi) is 8.82. The molecule has 0 aliphatic heterocycles. The molecule has 0 aliphatic rings. The molecule has 4 nitrogen and oxygen atoms in total. The summed E-state index contributed by atoms with van der Waals surface area (Å²) < 4.78 is 12.8. The molecule has 134 valence electrons. The van der Waals surface area contributed by atoms with Crippen LogP contribution < -0.4 is 10.6 Å². The third-order valence-electron chi connectivity index (χ3n) is 3.53. The zero-order valence-electron chi connectivity index (χ0n) is 14.8. The summed E-state index contributed by atoms with van der Waals surface area (Å²) in [5.41, 5.74) is 0.543. The van der Waals surface area contributed by atoms with Gasteiger partial charge in [-0.1, -0.05) is 13.8 Å². The summed E-state index contributed by atoms with van der Waals surface area (Å²) >= 11 is 1.28. The molecule has 0 bridgehead atoms. The van der Waals surface area contributed by atoms with Crippen LogP contribution in [0.4, 0.5) is 10.1 Å². The predicted octanol–water partition coefficient (Wildman–Crippen LogP) is 3.83. The Morgan fingerprint density at radius 2 is 1.71 bits per heavy atom. The maximum atomic E-state index is 12.8. The maximum Gasteiger partial charge on any atom is 0.234 e. The summed E-state index contributed by atoms with van der Waals surface area (Å²) in [6.07, 6.45) is 2.02. The highest BCUT2D eigenvalue weighted by Gasteiger charge is 2.17. The first-order valence-electron chi connectivity index (χ1n) is 8.25. The average Bonchev–Trinajstić information content (AvgIpc) is 2.52. The van der Waals surface area contributed by atoms with Gasteiger partial charge in [0.05, 0.1) is 11.0 Å². The Labute approximate surface area is 148 Å². The van der Waals surface area contributed by atoms with E-state index in [2.05, 4.69) is 24.5 Å². The van der Waals surface area contributed by atoms with Crippen LogP contribution in [0.2, 0.25) is 0 Å². The topological polar surface area (TPSA) is 58.2 Å². The molecule has 0 aromatic heterocycles. The number of nitrogens with one attached hydrogen (secondary N) is 2. The van der Waals surface area contributed by atoms with Crippen molar-refractivity contribution in [3.63, 3.8) is 0 Å². The molecule has 0 saturated heterocycles. The van der Waals surface area contributed by atoms with Crippen LogP contribution in [-0.2, 0) is 9.59 Å². The molecule has 6 heteroatoms. The number of hydrogen-bond acceptors (Lipinski definition) is 3. The van der Waals surface area contributed by atoms with Gasteiger partial charge in [-0.05, 0) is 56.9 Å². The Morgan fingerprint density at radius 1 is 1.08 bits per heavy atom. The largest absolute Gasteiger partial charge is 0.353 e. The Hall–Kier alpha value is -1.56. The van der Waals surface area contributed by atoms with E-state index in [1.54, 1.807) is 6.92 Å². The van der Waals surface area contributed by atoms with Crippen molar-refractivity contribution in [3.05, 3.63) is 30.1 Å². The fourth-order valence-corrected chi connectivity index (χ4v) is 2.72. The predicted molar refractivity (Wildman–Crippen MR) is 98.6 cm³/mol. The lowest BCUT2D eigenvalue weighted by atomic mass is 10.0. The van der Waals surface area contributed by atoms with E-state index in [0.717, 1.165) is 12.8 Å². The van der Waals surface area contributed by atoms with E-state index in [9.17, 15) is 14.0 Å². The second kappa shape index (κ2) is 10.3. The molecular formula is C18H27FN2O2S. The number of carbonyl (C=O) groups excluding carboxylic acids is 2. The minimum Gasteiger partial charge on any atom is -0.353 e. The van der Waals surface area contributed by atoms with Crippen LogP contribution in [0.1, 0.15) is 40.5 Å². The highest BCUT2D eigenvalue weighted by atomic mass is 32.2. The van der Waals surface area contributed by atoms with Gasteiger partial charge in [-0.2, -0.15) is 0 Å². The van der Waals surface area contributed by atoms with Gasteiger partial charge in [0, 0.05) is 11.7 Å². The molecule has 1 aromatic rings. The molecule has 1 rings (SSSR count). The van der Waals surface area contributed by atoms with E-state index in [1.807, 2.05) is 6.92 Å². The fourth-order valence-electron chi connectivity index (χ4n) is 2.02. The molecule has 1 aromatic carbocycles. The van der Waals surface area contributed by atoms with Crippen LogP contribution in [-0.4, -0.2) is 28.9 Å². The van der Waals surface area contributed by atoms with Crippen LogP contribution in [0, 0.1) is 11.7 Å². The lowest BCUT2D eigenvalue weighted by molar-refractivity contribution is -0.120. The van der Waals surface area contributed by atoms with Gasteiger partial charge in [-0.15, -0.1) is 11.8 Å². The van der Waals surface area contributed by atoms with Gasteiger partial charge in [-0.25, -0.2) is 4.39 Å².